The lowest BCUT2D eigenvalue weighted by molar-refractivity contribution is -0.178. The Morgan fingerprint density at radius 1 is 1.12 bits per heavy atom. The van der Waals surface area contributed by atoms with Gasteiger partial charge in [0.1, 0.15) is 0 Å². The number of rotatable bonds is 11. The van der Waals surface area contributed by atoms with Gasteiger partial charge in [-0.05, 0) is 31.9 Å². The van der Waals surface area contributed by atoms with E-state index in [0.29, 0.717) is 19.6 Å². The molecule has 1 aromatic rings. The number of para-hydroxylation sites is 1. The molecule has 1 aliphatic heterocycles. The summed E-state index contributed by atoms with van der Waals surface area (Å²) in [6, 6.07) is 9.35. The molecule has 0 saturated carbocycles. The monoisotopic (exact) mass is 383 g/mol. The molecule has 1 aromatic carbocycles. The van der Waals surface area contributed by atoms with E-state index in [2.05, 4.69) is 6.92 Å². The average Bonchev–Trinajstić information content (AvgIpc) is 2.65. The number of benzene rings is 1. The zero-order valence-electron chi connectivity index (χ0n) is 16.1. The van der Waals surface area contributed by atoms with Gasteiger partial charge in [-0.2, -0.15) is 0 Å². The van der Waals surface area contributed by atoms with Crippen molar-refractivity contribution in [3.63, 3.8) is 0 Å². The number of hydrogen-bond donors (Lipinski definition) is 0. The highest BCUT2D eigenvalue weighted by Gasteiger charge is 2.29. The van der Waals surface area contributed by atoms with Gasteiger partial charge in [-0.25, -0.2) is 8.42 Å². The number of anilines is 1. The zero-order valence-corrected chi connectivity index (χ0v) is 16.9. The Balaban J connectivity index is 2.05. The van der Waals surface area contributed by atoms with Crippen LogP contribution < -0.4 is 4.31 Å². The lowest BCUT2D eigenvalue weighted by Crippen LogP contribution is -2.41. The molecule has 5 nitrogen and oxygen atoms in total. The quantitative estimate of drug-likeness (QED) is 0.534. The number of hydrogen-bond acceptors (Lipinski definition) is 4. The van der Waals surface area contributed by atoms with E-state index >= 15 is 0 Å². The zero-order chi connectivity index (χ0) is 18.8. The van der Waals surface area contributed by atoms with Crippen molar-refractivity contribution in [2.24, 2.45) is 0 Å². The van der Waals surface area contributed by atoms with E-state index in [0.717, 1.165) is 31.4 Å². The van der Waals surface area contributed by atoms with Gasteiger partial charge in [0, 0.05) is 12.5 Å². The van der Waals surface area contributed by atoms with Gasteiger partial charge in [0.25, 0.3) is 0 Å². The predicted octanol–water partition coefficient (Wildman–Crippen LogP) is 4.33. The Morgan fingerprint density at radius 3 is 2.46 bits per heavy atom. The minimum atomic E-state index is -3.44. The van der Waals surface area contributed by atoms with Crippen LogP contribution in [0, 0.1) is 0 Å². The third-order valence-electron chi connectivity index (χ3n) is 4.69. The second-order valence-corrected chi connectivity index (χ2v) is 8.92. The summed E-state index contributed by atoms with van der Waals surface area (Å²) in [5, 5.41) is 0. The molecule has 0 radical (unpaired) electrons. The summed E-state index contributed by atoms with van der Waals surface area (Å²) < 4.78 is 38.8. The largest absolute Gasteiger partial charge is 0.353 e. The fourth-order valence-corrected chi connectivity index (χ4v) is 5.08. The van der Waals surface area contributed by atoms with Gasteiger partial charge in [-0.1, -0.05) is 50.8 Å². The fourth-order valence-electron chi connectivity index (χ4n) is 3.29. The number of nitrogens with zero attached hydrogens (tertiary/aromatic N) is 1. The molecule has 0 aromatic heterocycles. The minimum Gasteiger partial charge on any atom is -0.353 e. The lowest BCUT2D eigenvalue weighted by Gasteiger charge is -2.31. The molecule has 0 aliphatic carbocycles. The summed E-state index contributed by atoms with van der Waals surface area (Å²) in [5.41, 5.74) is 0.737. The highest BCUT2D eigenvalue weighted by atomic mass is 32.2. The van der Waals surface area contributed by atoms with Gasteiger partial charge in [0.15, 0.2) is 6.29 Å². The Labute approximate surface area is 158 Å². The maximum Gasteiger partial charge on any atom is 0.235 e. The molecule has 1 atom stereocenters. The minimum absolute atomic E-state index is 0.0336. The second-order valence-electron chi connectivity index (χ2n) is 6.96. The molecule has 2 rings (SSSR count). The standard InChI is InChI=1S/C20H33NO4S/c1-3-4-5-7-11-18(2)21(19-12-8-6-9-13-19)26(22,23)17-14-20-24-15-10-16-25-20/h6,8-9,12-13,18,20H,3-5,7,10-11,14-17H2,1-2H3. The molecule has 6 heteroatoms. The van der Waals surface area contributed by atoms with E-state index < -0.39 is 16.3 Å². The van der Waals surface area contributed by atoms with E-state index in [4.69, 9.17) is 9.47 Å². The van der Waals surface area contributed by atoms with E-state index in [1.165, 1.54) is 12.8 Å². The highest BCUT2D eigenvalue weighted by molar-refractivity contribution is 7.92. The van der Waals surface area contributed by atoms with Crippen LogP contribution in [-0.2, 0) is 19.5 Å². The summed E-state index contributed by atoms with van der Waals surface area (Å²) in [7, 11) is -3.44. The molecule has 1 fully saturated rings. The van der Waals surface area contributed by atoms with Gasteiger partial charge in [0.05, 0.1) is 24.7 Å². The van der Waals surface area contributed by atoms with E-state index in [9.17, 15) is 8.42 Å². The van der Waals surface area contributed by atoms with Crippen LogP contribution in [-0.4, -0.2) is 39.7 Å². The maximum atomic E-state index is 13.1. The van der Waals surface area contributed by atoms with E-state index in [1.807, 2.05) is 37.3 Å². The van der Waals surface area contributed by atoms with Crippen LogP contribution in [0.25, 0.3) is 0 Å². The fraction of sp³-hybridized carbons (Fsp3) is 0.700. The molecule has 0 spiro atoms. The second kappa shape index (κ2) is 10.9. The molecule has 1 aliphatic rings. The van der Waals surface area contributed by atoms with E-state index in [-0.39, 0.29) is 11.8 Å². The Morgan fingerprint density at radius 2 is 1.81 bits per heavy atom. The molecule has 1 saturated heterocycles. The van der Waals surface area contributed by atoms with Gasteiger partial charge in [-0.15, -0.1) is 0 Å². The van der Waals surface area contributed by atoms with Gasteiger partial charge >= 0.3 is 0 Å². The molecule has 0 N–H and O–H groups in total. The van der Waals surface area contributed by atoms with Crippen molar-refractivity contribution < 1.29 is 17.9 Å². The van der Waals surface area contributed by atoms with Crippen molar-refractivity contribution >= 4 is 15.7 Å². The number of sulfonamides is 1. The van der Waals surface area contributed by atoms with Crippen molar-refractivity contribution in [1.82, 2.24) is 0 Å². The first-order valence-electron chi connectivity index (χ1n) is 9.85. The first kappa shape index (κ1) is 21.2. The third-order valence-corrected chi connectivity index (χ3v) is 6.62. The van der Waals surface area contributed by atoms with Crippen LogP contribution in [0.4, 0.5) is 5.69 Å². The average molecular weight is 384 g/mol. The van der Waals surface area contributed by atoms with Crippen molar-refractivity contribution in [3.05, 3.63) is 30.3 Å². The Bertz CT molecular complexity index is 599. The summed E-state index contributed by atoms with van der Waals surface area (Å²) in [6.07, 6.45) is 6.26. The molecule has 26 heavy (non-hydrogen) atoms. The predicted molar refractivity (Wildman–Crippen MR) is 106 cm³/mol. The van der Waals surface area contributed by atoms with Crippen LogP contribution in [0.15, 0.2) is 30.3 Å². The van der Waals surface area contributed by atoms with Gasteiger partial charge in [0.2, 0.25) is 10.0 Å². The molecule has 0 bridgehead atoms. The molecular formula is C20H33NO4S. The maximum absolute atomic E-state index is 13.1. The van der Waals surface area contributed by atoms with Crippen molar-refractivity contribution in [3.8, 4) is 0 Å². The molecule has 0 amide bonds. The van der Waals surface area contributed by atoms with Crippen LogP contribution in [0.3, 0.4) is 0 Å². The smallest absolute Gasteiger partial charge is 0.235 e. The first-order chi connectivity index (χ1) is 12.5. The molecule has 1 unspecified atom stereocenters. The third kappa shape index (κ3) is 6.56. The number of ether oxygens (including phenoxy) is 2. The van der Waals surface area contributed by atoms with E-state index in [1.54, 1.807) is 4.31 Å². The number of unbranched alkanes of at least 4 members (excludes halogenated alkanes) is 3. The normalized spacial score (nSPS) is 17.2. The van der Waals surface area contributed by atoms with Crippen molar-refractivity contribution in [2.75, 3.05) is 23.3 Å². The summed E-state index contributed by atoms with van der Waals surface area (Å²) in [4.78, 5) is 0. The van der Waals surface area contributed by atoms with Crippen LogP contribution in [0.1, 0.15) is 58.8 Å². The molecule has 148 valence electrons. The van der Waals surface area contributed by atoms with Crippen molar-refractivity contribution in [1.29, 1.82) is 0 Å². The summed E-state index contributed by atoms with van der Waals surface area (Å²) in [6.45, 7) is 5.46. The molecular weight excluding hydrogens is 350 g/mol. The summed E-state index contributed by atoms with van der Waals surface area (Å²) in [5.74, 6) is 0.0336. The topological polar surface area (TPSA) is 55.8 Å². The van der Waals surface area contributed by atoms with Crippen LogP contribution in [0.5, 0.6) is 0 Å². The van der Waals surface area contributed by atoms with Gasteiger partial charge < -0.3 is 9.47 Å². The summed E-state index contributed by atoms with van der Waals surface area (Å²) >= 11 is 0. The van der Waals surface area contributed by atoms with Crippen LogP contribution in [0.2, 0.25) is 0 Å². The lowest BCUT2D eigenvalue weighted by atomic mass is 10.1. The Hall–Kier alpha value is -1.11. The van der Waals surface area contributed by atoms with Gasteiger partial charge in [-0.3, -0.25) is 4.31 Å². The van der Waals surface area contributed by atoms with Crippen LogP contribution >= 0.6 is 0 Å². The highest BCUT2D eigenvalue weighted by Crippen LogP contribution is 2.25. The molecule has 1 heterocycles. The first-order valence-corrected chi connectivity index (χ1v) is 11.5. The van der Waals surface area contributed by atoms with Crippen molar-refractivity contribution in [2.45, 2.75) is 71.1 Å². The SMILES string of the molecule is CCCCCCC(C)N(c1ccccc1)S(=O)(=O)CCC1OCCCO1. The Kier molecular flexibility index (Phi) is 8.88.